The quantitative estimate of drug-likeness (QED) is 0.608. The fourth-order valence-electron chi connectivity index (χ4n) is 1.86. The van der Waals surface area contributed by atoms with Crippen molar-refractivity contribution in [2.45, 2.75) is 33.2 Å². The van der Waals surface area contributed by atoms with Crippen molar-refractivity contribution in [2.75, 3.05) is 25.5 Å². The summed E-state index contributed by atoms with van der Waals surface area (Å²) in [6.45, 7) is 8.05. The van der Waals surface area contributed by atoms with Crippen LogP contribution in [0.2, 0.25) is 0 Å². The molecule has 0 saturated carbocycles. The van der Waals surface area contributed by atoms with Crippen molar-refractivity contribution in [1.29, 1.82) is 0 Å². The van der Waals surface area contributed by atoms with Crippen molar-refractivity contribution >= 4 is 11.4 Å². The molecule has 0 bridgehead atoms. The second kappa shape index (κ2) is 7.09. The first-order valence-corrected chi connectivity index (χ1v) is 6.64. The van der Waals surface area contributed by atoms with E-state index in [-0.39, 0.29) is 10.6 Å². The van der Waals surface area contributed by atoms with E-state index >= 15 is 0 Å². The molecular weight excluding hydrogens is 242 g/mol. The van der Waals surface area contributed by atoms with Crippen molar-refractivity contribution in [3.05, 3.63) is 33.9 Å². The van der Waals surface area contributed by atoms with Gasteiger partial charge in [0.05, 0.1) is 4.92 Å². The summed E-state index contributed by atoms with van der Waals surface area (Å²) in [5.41, 5.74) is 2.00. The molecule has 1 rings (SSSR count). The minimum absolute atomic E-state index is 0.139. The Morgan fingerprint density at radius 2 is 2.16 bits per heavy atom. The van der Waals surface area contributed by atoms with Gasteiger partial charge in [0.15, 0.2) is 0 Å². The Labute approximate surface area is 114 Å². The van der Waals surface area contributed by atoms with Gasteiger partial charge in [-0.25, -0.2) is 0 Å². The number of rotatable bonds is 7. The first-order valence-electron chi connectivity index (χ1n) is 6.64. The van der Waals surface area contributed by atoms with E-state index in [1.165, 1.54) is 6.07 Å². The number of nitrogens with zero attached hydrogens (tertiary/aromatic N) is 2. The Hall–Kier alpha value is -1.62. The van der Waals surface area contributed by atoms with E-state index in [1.807, 2.05) is 6.92 Å². The largest absolute Gasteiger partial charge is 0.384 e. The van der Waals surface area contributed by atoms with E-state index in [0.717, 1.165) is 30.8 Å². The molecule has 0 fully saturated rings. The van der Waals surface area contributed by atoms with Crippen LogP contribution >= 0.6 is 0 Å². The summed E-state index contributed by atoms with van der Waals surface area (Å²) in [6, 6.07) is 5.48. The van der Waals surface area contributed by atoms with Crippen LogP contribution in [-0.2, 0) is 0 Å². The van der Waals surface area contributed by atoms with Crippen LogP contribution in [0.4, 0.5) is 11.4 Å². The monoisotopic (exact) mass is 265 g/mol. The summed E-state index contributed by atoms with van der Waals surface area (Å²) in [5, 5.41) is 14.0. The molecule has 1 N–H and O–H groups in total. The summed E-state index contributed by atoms with van der Waals surface area (Å²) >= 11 is 0. The van der Waals surface area contributed by atoms with Gasteiger partial charge in [0.25, 0.3) is 5.69 Å². The summed E-state index contributed by atoms with van der Waals surface area (Å²) in [4.78, 5) is 12.6. The second-order valence-corrected chi connectivity index (χ2v) is 4.92. The number of hydrogen-bond donors (Lipinski definition) is 1. The number of likely N-dealkylation sites (N-methyl/N-ethyl adjacent to an activating group) is 1. The average molecular weight is 265 g/mol. The molecule has 1 unspecified atom stereocenters. The predicted molar refractivity (Wildman–Crippen MR) is 78.7 cm³/mol. The second-order valence-electron chi connectivity index (χ2n) is 4.92. The molecule has 0 aliphatic heterocycles. The number of nitrogens with one attached hydrogen (secondary N) is 1. The summed E-state index contributed by atoms with van der Waals surface area (Å²) < 4.78 is 0. The minimum atomic E-state index is -0.368. The maximum absolute atomic E-state index is 10.7. The molecule has 19 heavy (non-hydrogen) atoms. The number of nitro benzene ring substituents is 1. The van der Waals surface area contributed by atoms with E-state index in [1.54, 1.807) is 12.1 Å². The van der Waals surface area contributed by atoms with Gasteiger partial charge >= 0.3 is 0 Å². The van der Waals surface area contributed by atoms with Gasteiger partial charge in [-0.2, -0.15) is 0 Å². The fraction of sp³-hybridized carbons (Fsp3) is 0.571. The average Bonchev–Trinajstić information content (AvgIpc) is 2.39. The first-order chi connectivity index (χ1) is 8.95. The van der Waals surface area contributed by atoms with E-state index in [4.69, 9.17) is 0 Å². The number of nitro groups is 1. The molecule has 0 heterocycles. The summed E-state index contributed by atoms with van der Waals surface area (Å²) in [7, 11) is 2.11. The molecule has 0 radical (unpaired) electrons. The Bertz CT molecular complexity index is 435. The Morgan fingerprint density at radius 1 is 1.47 bits per heavy atom. The van der Waals surface area contributed by atoms with Gasteiger partial charge in [-0.05, 0) is 38.9 Å². The number of hydrogen-bond acceptors (Lipinski definition) is 4. The smallest absolute Gasteiger partial charge is 0.269 e. The minimum Gasteiger partial charge on any atom is -0.384 e. The molecule has 1 aromatic rings. The Balaban J connectivity index is 2.52. The Kier molecular flexibility index (Phi) is 5.76. The van der Waals surface area contributed by atoms with Crippen LogP contribution in [0.5, 0.6) is 0 Å². The van der Waals surface area contributed by atoms with Crippen LogP contribution in [0, 0.1) is 17.0 Å². The normalized spacial score (nSPS) is 12.5. The van der Waals surface area contributed by atoms with Gasteiger partial charge in [-0.3, -0.25) is 10.1 Å². The number of benzene rings is 1. The first kappa shape index (κ1) is 15.4. The maximum Gasteiger partial charge on any atom is 0.269 e. The van der Waals surface area contributed by atoms with Crippen LogP contribution in [0.1, 0.15) is 25.8 Å². The third-order valence-electron chi connectivity index (χ3n) is 3.54. The third-order valence-corrected chi connectivity index (χ3v) is 3.54. The summed E-state index contributed by atoms with van der Waals surface area (Å²) in [5.74, 6) is 0. The zero-order valence-corrected chi connectivity index (χ0v) is 12.1. The highest BCUT2D eigenvalue weighted by atomic mass is 16.6. The molecule has 0 spiro atoms. The zero-order valence-electron chi connectivity index (χ0n) is 12.1. The highest BCUT2D eigenvalue weighted by Gasteiger charge is 2.09. The van der Waals surface area contributed by atoms with E-state index < -0.39 is 0 Å². The van der Waals surface area contributed by atoms with Crippen LogP contribution in [-0.4, -0.2) is 36.0 Å². The number of aryl methyl sites for hydroxylation is 1. The topological polar surface area (TPSA) is 58.4 Å². The molecule has 1 atom stereocenters. The van der Waals surface area contributed by atoms with Gasteiger partial charge in [0, 0.05) is 37.0 Å². The van der Waals surface area contributed by atoms with Gasteiger partial charge in [-0.1, -0.05) is 6.92 Å². The maximum atomic E-state index is 10.7. The van der Waals surface area contributed by atoms with Crippen molar-refractivity contribution in [3.8, 4) is 0 Å². The van der Waals surface area contributed by atoms with Crippen LogP contribution < -0.4 is 5.32 Å². The van der Waals surface area contributed by atoms with Gasteiger partial charge in [0.2, 0.25) is 0 Å². The predicted octanol–water partition coefficient (Wildman–Crippen LogP) is 3.05. The standard InChI is InChI=1S/C14H23N3O2/c1-5-12(3)16(4)9-8-15-14-7-6-13(17(18)19)10-11(14)2/h6-7,10,12,15H,5,8-9H2,1-4H3. The SMILES string of the molecule is CCC(C)N(C)CCNc1ccc([N+](=O)[O-])cc1C. The molecule has 1 aromatic carbocycles. The van der Waals surface area contributed by atoms with Crippen molar-refractivity contribution in [3.63, 3.8) is 0 Å². The van der Waals surface area contributed by atoms with Gasteiger partial charge in [0.1, 0.15) is 0 Å². The van der Waals surface area contributed by atoms with E-state index in [0.29, 0.717) is 6.04 Å². The lowest BCUT2D eigenvalue weighted by Crippen LogP contribution is -2.32. The fourth-order valence-corrected chi connectivity index (χ4v) is 1.86. The summed E-state index contributed by atoms with van der Waals surface area (Å²) in [6.07, 6.45) is 1.13. The Morgan fingerprint density at radius 3 is 2.68 bits per heavy atom. The van der Waals surface area contributed by atoms with Crippen molar-refractivity contribution in [2.24, 2.45) is 0 Å². The van der Waals surface area contributed by atoms with Gasteiger partial charge < -0.3 is 10.2 Å². The molecule has 5 nitrogen and oxygen atoms in total. The van der Waals surface area contributed by atoms with Crippen LogP contribution in [0.15, 0.2) is 18.2 Å². The highest BCUT2D eigenvalue weighted by Crippen LogP contribution is 2.20. The highest BCUT2D eigenvalue weighted by molar-refractivity contribution is 5.55. The molecule has 0 amide bonds. The zero-order chi connectivity index (χ0) is 14.4. The van der Waals surface area contributed by atoms with E-state index in [2.05, 4.69) is 31.1 Å². The molecule has 0 aliphatic rings. The van der Waals surface area contributed by atoms with E-state index in [9.17, 15) is 10.1 Å². The van der Waals surface area contributed by atoms with Crippen LogP contribution in [0.25, 0.3) is 0 Å². The van der Waals surface area contributed by atoms with Gasteiger partial charge in [-0.15, -0.1) is 0 Å². The molecule has 106 valence electrons. The lowest BCUT2D eigenvalue weighted by Gasteiger charge is -2.23. The number of anilines is 1. The van der Waals surface area contributed by atoms with Crippen molar-refractivity contribution in [1.82, 2.24) is 4.90 Å². The molecular formula is C14H23N3O2. The lowest BCUT2D eigenvalue weighted by atomic mass is 10.2. The third kappa shape index (κ3) is 4.52. The molecule has 0 aromatic heterocycles. The number of non-ortho nitro benzene ring substituents is 1. The molecule has 0 aliphatic carbocycles. The molecule has 0 saturated heterocycles. The lowest BCUT2D eigenvalue weighted by molar-refractivity contribution is -0.384. The molecule has 5 heteroatoms. The van der Waals surface area contributed by atoms with Crippen LogP contribution in [0.3, 0.4) is 0 Å². The van der Waals surface area contributed by atoms with Crippen molar-refractivity contribution < 1.29 is 4.92 Å².